The summed E-state index contributed by atoms with van der Waals surface area (Å²) in [5.41, 5.74) is 6.56. The molecule has 4 heteroatoms. The van der Waals surface area contributed by atoms with Gasteiger partial charge in [-0.3, -0.25) is 0 Å². The van der Waals surface area contributed by atoms with E-state index in [-0.39, 0.29) is 17.7 Å². The Morgan fingerprint density at radius 1 is 1.14 bits per heavy atom. The summed E-state index contributed by atoms with van der Waals surface area (Å²) in [5.74, 6) is -3.53. The predicted molar refractivity (Wildman–Crippen MR) is 86.9 cm³/mol. The van der Waals surface area contributed by atoms with Crippen molar-refractivity contribution in [2.75, 3.05) is 0 Å². The Morgan fingerprint density at radius 3 is 2.55 bits per heavy atom. The first kappa shape index (κ1) is 13.4. The van der Waals surface area contributed by atoms with E-state index in [1.807, 2.05) is 18.2 Å². The topological polar surface area (TPSA) is 26.0 Å². The summed E-state index contributed by atoms with van der Waals surface area (Å²) >= 11 is 5.36. The molecule has 118 valence electrons. The third-order valence-corrected chi connectivity index (χ3v) is 8.01. The highest BCUT2D eigenvalue weighted by Gasteiger charge is 2.85. The normalized spacial score (nSPS) is 49.7. The van der Waals surface area contributed by atoms with Crippen molar-refractivity contribution < 1.29 is 10.2 Å². The van der Waals surface area contributed by atoms with Gasteiger partial charge in [0.2, 0.25) is 0 Å². The van der Waals surface area contributed by atoms with Gasteiger partial charge in [-0.15, -0.1) is 0 Å². The number of halogens is 2. The maximum atomic E-state index is 14.8. The maximum Gasteiger partial charge on any atom is 0.254 e. The molecule has 4 aliphatic rings. The molecule has 1 spiro atoms. The van der Waals surface area contributed by atoms with Crippen LogP contribution >= 0.6 is 12.2 Å². The smallest absolute Gasteiger partial charge is 0.254 e. The number of rotatable bonds is 2. The van der Waals surface area contributed by atoms with Crippen LogP contribution in [0.1, 0.15) is 39.1 Å². The molecule has 0 radical (unpaired) electrons. The Bertz CT molecular complexity index is 696. The van der Waals surface area contributed by atoms with Crippen molar-refractivity contribution in [1.82, 2.24) is 0 Å². The van der Waals surface area contributed by atoms with Gasteiger partial charge in [-0.1, -0.05) is 42.5 Å². The molecule has 0 saturated heterocycles. The average Bonchev–Trinajstić information content (AvgIpc) is 2.72. The molecule has 1 nitrogen and oxygen atoms in total. The van der Waals surface area contributed by atoms with E-state index >= 15 is 0 Å². The zero-order valence-electron chi connectivity index (χ0n) is 12.3. The van der Waals surface area contributed by atoms with Gasteiger partial charge in [-0.25, -0.2) is 8.78 Å². The molecule has 0 heterocycles. The summed E-state index contributed by atoms with van der Waals surface area (Å²) in [4.78, 5) is 0.470. The van der Waals surface area contributed by atoms with Crippen LogP contribution in [0.4, 0.5) is 8.78 Å². The van der Waals surface area contributed by atoms with E-state index in [0.717, 1.165) is 12.8 Å². The number of alkyl halides is 2. The Labute approximate surface area is 135 Å². The first-order valence-electron chi connectivity index (χ1n) is 8.10. The first-order chi connectivity index (χ1) is 10.4. The number of hydrogen-bond acceptors (Lipinski definition) is 1. The fourth-order valence-electron chi connectivity index (χ4n) is 6.87. The molecule has 1 aromatic rings. The molecule has 0 amide bonds. The Balaban J connectivity index is 0.00000135. The molecule has 1 aromatic carbocycles. The molecule has 5 atom stereocenters. The van der Waals surface area contributed by atoms with Crippen molar-refractivity contribution in [3.05, 3.63) is 35.9 Å². The average molecular weight is 321 g/mol. The minimum atomic E-state index is -2.54. The number of nitrogens with two attached hydrogens (primary N) is 1. The van der Waals surface area contributed by atoms with Crippen LogP contribution in [0.25, 0.3) is 0 Å². The number of hydrogen-bond donors (Lipinski definition) is 1. The van der Waals surface area contributed by atoms with Crippen LogP contribution < -0.4 is 5.73 Å². The van der Waals surface area contributed by atoms with E-state index in [1.165, 1.54) is 5.56 Å². The van der Waals surface area contributed by atoms with Crippen LogP contribution in [-0.2, 0) is 5.41 Å². The van der Waals surface area contributed by atoms with Gasteiger partial charge in [0.15, 0.2) is 0 Å². The number of thiocarbonyl (C=S) groups is 1. The first-order valence-corrected chi connectivity index (χ1v) is 8.51. The summed E-state index contributed by atoms with van der Waals surface area (Å²) in [6, 6.07) is 10.3. The number of benzene rings is 1. The molecule has 5 rings (SSSR count). The lowest BCUT2D eigenvalue weighted by atomic mass is 9.44. The van der Waals surface area contributed by atoms with Crippen LogP contribution in [0.15, 0.2) is 30.3 Å². The Kier molecular flexibility index (Phi) is 2.17. The number of fused-ring (bicyclic) bond motifs is 2. The summed E-state index contributed by atoms with van der Waals surface area (Å²) in [5, 5.41) is 0. The monoisotopic (exact) mass is 321 g/mol. The molecule has 0 aromatic heterocycles. The van der Waals surface area contributed by atoms with Crippen LogP contribution in [-0.4, -0.2) is 10.9 Å². The predicted octanol–water partition coefficient (Wildman–Crippen LogP) is 4.30. The zero-order chi connectivity index (χ0) is 15.4. The van der Waals surface area contributed by atoms with Crippen molar-refractivity contribution in [3.63, 3.8) is 0 Å². The van der Waals surface area contributed by atoms with Crippen LogP contribution in [0, 0.1) is 22.7 Å². The van der Waals surface area contributed by atoms with Crippen molar-refractivity contribution in [1.29, 1.82) is 0 Å². The van der Waals surface area contributed by atoms with E-state index in [1.54, 1.807) is 0 Å². The SMILES string of the molecule is NC(=S)C12CC3CC4(C1)C(CC4(c1ccccc1)C2)C3(F)F.[HH]. The highest BCUT2D eigenvalue weighted by Crippen LogP contribution is 2.86. The van der Waals surface area contributed by atoms with Gasteiger partial charge in [0, 0.05) is 24.1 Å². The molecule has 4 saturated carbocycles. The van der Waals surface area contributed by atoms with Crippen molar-refractivity contribution in [3.8, 4) is 0 Å². The lowest BCUT2D eigenvalue weighted by molar-refractivity contribution is -0.158. The second-order valence-electron chi connectivity index (χ2n) is 8.14. The van der Waals surface area contributed by atoms with Gasteiger partial charge in [0.25, 0.3) is 5.92 Å². The quantitative estimate of drug-likeness (QED) is 0.822. The van der Waals surface area contributed by atoms with E-state index in [9.17, 15) is 8.78 Å². The highest BCUT2D eigenvalue weighted by atomic mass is 32.1. The third-order valence-electron chi connectivity index (χ3n) is 7.57. The fraction of sp³-hybridized carbons (Fsp3) is 0.611. The second kappa shape index (κ2) is 3.55. The molecule has 3 bridgehead atoms. The lowest BCUT2D eigenvalue weighted by Gasteiger charge is -2.59. The van der Waals surface area contributed by atoms with Gasteiger partial charge in [-0.05, 0) is 43.1 Å². The molecule has 2 N–H and O–H groups in total. The van der Waals surface area contributed by atoms with Gasteiger partial charge in [0.1, 0.15) is 0 Å². The van der Waals surface area contributed by atoms with Crippen LogP contribution in [0.2, 0.25) is 0 Å². The highest BCUT2D eigenvalue weighted by molar-refractivity contribution is 7.80. The molecule has 4 aliphatic carbocycles. The van der Waals surface area contributed by atoms with Gasteiger partial charge < -0.3 is 5.73 Å². The largest absolute Gasteiger partial charge is 0.393 e. The molecule has 0 aliphatic heterocycles. The molecule has 22 heavy (non-hydrogen) atoms. The lowest BCUT2D eigenvalue weighted by Crippen LogP contribution is -2.59. The Morgan fingerprint density at radius 2 is 1.86 bits per heavy atom. The van der Waals surface area contributed by atoms with Crippen LogP contribution in [0.3, 0.4) is 0 Å². The summed E-state index contributed by atoms with van der Waals surface area (Å²) in [7, 11) is 0. The minimum Gasteiger partial charge on any atom is -0.393 e. The third kappa shape index (κ3) is 1.15. The maximum absolute atomic E-state index is 14.8. The van der Waals surface area contributed by atoms with Crippen molar-refractivity contribution in [2.45, 2.75) is 43.4 Å². The zero-order valence-corrected chi connectivity index (χ0v) is 13.1. The van der Waals surface area contributed by atoms with Gasteiger partial charge in [0.05, 0.1) is 4.99 Å². The van der Waals surface area contributed by atoms with E-state index in [4.69, 9.17) is 18.0 Å². The molecular formula is C18H21F2NS. The fourth-order valence-corrected chi connectivity index (χ4v) is 7.10. The van der Waals surface area contributed by atoms with E-state index in [2.05, 4.69) is 12.1 Å². The second-order valence-corrected chi connectivity index (χ2v) is 8.58. The Hall–Kier alpha value is -1.03. The summed E-state index contributed by atoms with van der Waals surface area (Å²) in [6.07, 6.45) is 3.40. The van der Waals surface area contributed by atoms with Crippen molar-refractivity contribution in [2.24, 2.45) is 28.4 Å². The standard InChI is InChI=1S/C18H19F2NS.H2/c19-18(20)12-6-15(14(21)22)9-16(11-4-2-1-3-5-11)8-13(18)17(16,7-12)10-15;/h1-5,12-13H,6-10H2,(H2,21,22);1H. The molecular weight excluding hydrogens is 300 g/mol. The molecule has 4 fully saturated rings. The van der Waals surface area contributed by atoms with E-state index < -0.39 is 17.8 Å². The minimum absolute atomic E-state index is 0. The van der Waals surface area contributed by atoms with Gasteiger partial charge in [-0.2, -0.15) is 0 Å². The molecule has 5 unspecified atom stereocenters. The van der Waals surface area contributed by atoms with Crippen LogP contribution in [0.5, 0.6) is 0 Å². The summed E-state index contributed by atoms with van der Waals surface area (Å²) < 4.78 is 29.6. The van der Waals surface area contributed by atoms with Gasteiger partial charge >= 0.3 is 0 Å². The van der Waals surface area contributed by atoms with Crippen molar-refractivity contribution >= 4 is 17.2 Å². The van der Waals surface area contributed by atoms with E-state index in [0.29, 0.717) is 24.3 Å². The summed E-state index contributed by atoms with van der Waals surface area (Å²) in [6.45, 7) is 0.